The summed E-state index contributed by atoms with van der Waals surface area (Å²) in [5.74, 6) is 0.997. The molecule has 6 aliphatic rings. The van der Waals surface area contributed by atoms with E-state index in [-0.39, 0.29) is 89.9 Å². The number of halogens is 2. The van der Waals surface area contributed by atoms with Crippen molar-refractivity contribution in [1.82, 2.24) is 29.9 Å². The van der Waals surface area contributed by atoms with Gasteiger partial charge in [-0.1, -0.05) is 54.1 Å². The molecule has 4 saturated carbocycles. The van der Waals surface area contributed by atoms with Crippen LogP contribution in [0.4, 0.5) is 11.6 Å². The van der Waals surface area contributed by atoms with E-state index in [0.29, 0.717) is 123 Å². The quantitative estimate of drug-likeness (QED) is 0.0183. The number of hydrogen-bond acceptors (Lipinski definition) is 30. The number of aromatic nitrogens is 6. The Balaban J connectivity index is 0.000000166. The maximum absolute atomic E-state index is 13.3. The van der Waals surface area contributed by atoms with Gasteiger partial charge in [-0.25, -0.2) is 45.3 Å². The molecule has 0 radical (unpaired) electrons. The Morgan fingerprint density at radius 1 is 0.602 bits per heavy atom. The SMILES string of the molecule is NS(=O)(=O)OC[C@H]1C[C@@H](Cc2ncncc2C(=O)c2cc(CC3=CCSCC3)cs2)C[C@@H]1O.NS(=O)(=O)OC[C@H]1C[C@@H](Nc2ncncc2C(=O)c2cc(C(O)C3CCCCC3)c(Cl)s2)C[C@@H]1O.NS(=O)(=O)OC[C@H]1C[C@@H](Nc2ncncc2C(=O)c2cc(C(O)C3CCOCC3)c(Cl)s2)C[C@@H]1O. The molecule has 103 heavy (non-hydrogen) atoms. The molecule has 0 amide bonds. The van der Waals surface area contributed by atoms with E-state index in [9.17, 15) is 65.2 Å². The number of carbonyl (C=O) groups excluding carboxylic acids is 3. The average Bonchev–Trinajstić information content (AvgIpc) is 1.68. The predicted octanol–water partition coefficient (Wildman–Crippen LogP) is 6.99. The van der Waals surface area contributed by atoms with Crippen molar-refractivity contribution < 1.29 is 82.5 Å². The van der Waals surface area contributed by atoms with Gasteiger partial charge < -0.3 is 40.9 Å². The molecule has 6 aromatic heterocycles. The van der Waals surface area contributed by atoms with Gasteiger partial charge in [0.25, 0.3) is 0 Å². The van der Waals surface area contributed by atoms with Gasteiger partial charge in [-0.3, -0.25) is 26.9 Å². The van der Waals surface area contributed by atoms with Crippen molar-refractivity contribution in [1.29, 1.82) is 0 Å². The van der Waals surface area contributed by atoms with Crippen LogP contribution in [0.3, 0.4) is 0 Å². The number of carbonyl (C=O) groups is 3. The lowest BCUT2D eigenvalue weighted by Gasteiger charge is -2.26. The number of anilines is 2. The highest BCUT2D eigenvalue weighted by molar-refractivity contribution is 7.99. The molecule has 13 N–H and O–H groups in total. The molecular formula is C65H83Cl2N11O18S7. The van der Waals surface area contributed by atoms with Gasteiger partial charge in [0.1, 0.15) is 30.6 Å². The molecule has 2 unspecified atom stereocenters. The van der Waals surface area contributed by atoms with Crippen molar-refractivity contribution in [2.75, 3.05) is 55.2 Å². The van der Waals surface area contributed by atoms with E-state index in [2.05, 4.69) is 59.2 Å². The van der Waals surface area contributed by atoms with Gasteiger partial charge in [0, 0.05) is 78.5 Å². The Morgan fingerprint density at radius 2 is 1.07 bits per heavy atom. The Morgan fingerprint density at radius 3 is 1.56 bits per heavy atom. The number of aliphatic hydroxyl groups excluding tert-OH is 5. The lowest BCUT2D eigenvalue weighted by atomic mass is 9.83. The molecule has 12 rings (SSSR count). The van der Waals surface area contributed by atoms with Gasteiger partial charge in [-0.2, -0.15) is 37.0 Å². The Kier molecular flexibility index (Phi) is 28.7. The zero-order valence-corrected chi connectivity index (χ0v) is 62.9. The molecule has 8 heterocycles. The second-order valence-corrected chi connectivity index (χ2v) is 35.6. The van der Waals surface area contributed by atoms with Gasteiger partial charge in [0.15, 0.2) is 0 Å². The molecule has 562 valence electrons. The predicted molar refractivity (Wildman–Crippen MR) is 389 cm³/mol. The first-order valence-electron chi connectivity index (χ1n) is 33.5. The van der Waals surface area contributed by atoms with Gasteiger partial charge in [-0.05, 0) is 136 Å². The number of aliphatic hydroxyl groups is 5. The first kappa shape index (κ1) is 80.5. The Bertz CT molecular complexity index is 4120. The van der Waals surface area contributed by atoms with Crippen LogP contribution in [0.5, 0.6) is 0 Å². The summed E-state index contributed by atoms with van der Waals surface area (Å²) < 4.78 is 86.4. The van der Waals surface area contributed by atoms with E-state index in [1.54, 1.807) is 18.3 Å². The Labute approximate surface area is 623 Å². The fourth-order valence-electron chi connectivity index (χ4n) is 13.9. The maximum Gasteiger partial charge on any atom is 0.333 e. The van der Waals surface area contributed by atoms with Crippen LogP contribution in [0.1, 0.15) is 170 Å². The lowest BCUT2D eigenvalue weighted by Crippen LogP contribution is -2.24. The summed E-state index contributed by atoms with van der Waals surface area (Å²) >= 11 is 18.4. The molecule has 0 spiro atoms. The molecule has 6 aromatic rings. The van der Waals surface area contributed by atoms with Crippen LogP contribution in [0, 0.1) is 35.5 Å². The zero-order valence-electron chi connectivity index (χ0n) is 55.7. The minimum Gasteiger partial charge on any atom is -0.393 e. The van der Waals surface area contributed by atoms with Crippen molar-refractivity contribution in [2.24, 2.45) is 50.9 Å². The second kappa shape index (κ2) is 36.7. The van der Waals surface area contributed by atoms with Crippen molar-refractivity contribution in [3.63, 3.8) is 0 Å². The third kappa shape index (κ3) is 23.0. The largest absolute Gasteiger partial charge is 0.393 e. The molecule has 2 aliphatic heterocycles. The Hall–Kier alpha value is -5.01. The highest BCUT2D eigenvalue weighted by atomic mass is 35.5. The first-order valence-corrected chi connectivity index (χ1v) is 42.3. The van der Waals surface area contributed by atoms with Gasteiger partial charge in [-0.15, -0.1) is 34.0 Å². The normalized spacial score (nSPS) is 24.1. The standard InChI is InChI=1S/C22H29ClN4O6S2.C22H27N3O5S3.C21H27ClN4O7S2/c23-21-15(19(29)12-4-2-1-3-5-12)8-18(34-21)20(30)16-9-25-11-26-22(16)27-14-6-13(17(28)7-14)10-33-35(24,31)32;23-33(28,29)30-11-17-6-15(8-20(17)26)7-19-18(10-24-13-25-19)22(27)21-9-16(12-32-21)5-14-1-3-31-4-2-14;22-20-14(18(28)11-1-3-32-4-2-11)7-17(34-20)19(29)15-8-24-10-25-21(15)26-13-5-12(16(27)6-13)9-33-35(23,30)31/h8-9,11-14,17,19,28-29H,1-7,10H2,(H2,24,31,32)(H,25,26,27);1,9-10,12-13,15,17,20,26H,2-8,11H2,(H2,23,28,29);7-8,10-13,16,18,27-28H,1-6,9H2,(H2,23,30,31)(H,24,25,26)/t13-,14-,17+,19?;15-,17+,20-;12-,13-,16+,18?/m101/s1. The van der Waals surface area contributed by atoms with Crippen molar-refractivity contribution >= 4 is 129 Å². The van der Waals surface area contributed by atoms with Gasteiger partial charge in [0.05, 0.1) is 96.0 Å². The van der Waals surface area contributed by atoms with E-state index in [4.69, 9.17) is 43.4 Å². The van der Waals surface area contributed by atoms with E-state index >= 15 is 0 Å². The van der Waals surface area contributed by atoms with Gasteiger partial charge >= 0.3 is 30.9 Å². The molecule has 0 bridgehead atoms. The number of nitrogens with one attached hydrogen (secondary N) is 2. The maximum atomic E-state index is 13.3. The summed E-state index contributed by atoms with van der Waals surface area (Å²) in [5.41, 5.74) is 5.25. The third-order valence-electron chi connectivity index (χ3n) is 19.2. The molecule has 0 aromatic carbocycles. The number of ketones is 3. The summed E-state index contributed by atoms with van der Waals surface area (Å²) in [6, 6.07) is 4.69. The second-order valence-electron chi connectivity index (χ2n) is 26.5. The van der Waals surface area contributed by atoms with Crippen LogP contribution in [0.2, 0.25) is 8.67 Å². The minimum absolute atomic E-state index is 0.0102. The summed E-state index contributed by atoms with van der Waals surface area (Å²) in [6.45, 7) is 0.541. The smallest absolute Gasteiger partial charge is 0.333 e. The van der Waals surface area contributed by atoms with E-state index in [1.165, 1.54) is 54.7 Å². The average molecular weight is 1600 g/mol. The molecule has 5 fully saturated rings. The minimum atomic E-state index is -4.11. The number of nitrogens with zero attached hydrogens (tertiary/aromatic N) is 6. The molecule has 1 saturated heterocycles. The van der Waals surface area contributed by atoms with Crippen molar-refractivity contribution in [3.05, 3.63) is 135 Å². The lowest BCUT2D eigenvalue weighted by molar-refractivity contribution is 0.00736. The molecular weight excluding hydrogens is 1520 g/mol. The van der Waals surface area contributed by atoms with Crippen LogP contribution in [-0.2, 0) is 61.0 Å². The van der Waals surface area contributed by atoms with E-state index < -0.39 is 73.3 Å². The molecule has 4 aliphatic carbocycles. The van der Waals surface area contributed by atoms with E-state index in [0.717, 1.165) is 78.3 Å². The topological polar surface area (TPSA) is 471 Å². The van der Waals surface area contributed by atoms with Crippen LogP contribution in [-0.4, -0.2) is 173 Å². The van der Waals surface area contributed by atoms with Crippen LogP contribution in [0.15, 0.2) is 72.8 Å². The highest BCUT2D eigenvalue weighted by Gasteiger charge is 2.39. The number of ether oxygens (including phenoxy) is 1. The van der Waals surface area contributed by atoms with E-state index in [1.807, 2.05) is 23.2 Å². The fourth-order valence-corrected chi connectivity index (χ4v) is 19.3. The van der Waals surface area contributed by atoms with Gasteiger partial charge in [0.2, 0.25) is 17.3 Å². The molecule has 38 heteroatoms. The first-order chi connectivity index (χ1) is 49.0. The number of hydrogen-bond donors (Lipinski definition) is 10. The zero-order chi connectivity index (χ0) is 73.8. The summed E-state index contributed by atoms with van der Waals surface area (Å²) in [4.78, 5) is 66.1. The van der Waals surface area contributed by atoms with Crippen molar-refractivity contribution in [3.8, 4) is 0 Å². The fraction of sp³-hybridized carbons (Fsp3) is 0.554. The third-order valence-corrected chi connectivity index (χ3v) is 25.3. The number of nitrogens with two attached hydrogens (primary N) is 3. The molecule has 11 atom stereocenters. The summed E-state index contributed by atoms with van der Waals surface area (Å²) in [7, 11) is -12.3. The molecule has 29 nitrogen and oxygen atoms in total. The summed E-state index contributed by atoms with van der Waals surface area (Å²) in [6.07, 6.45) is 18.5. The highest BCUT2D eigenvalue weighted by Crippen LogP contribution is 2.43. The van der Waals surface area contributed by atoms with Crippen molar-refractivity contribution in [2.45, 2.75) is 145 Å². The van der Waals surface area contributed by atoms with Crippen LogP contribution >= 0.6 is 69.0 Å². The monoisotopic (exact) mass is 1600 g/mol. The summed E-state index contributed by atoms with van der Waals surface area (Å²) in [5, 5.41) is 75.6. The number of rotatable bonds is 27. The number of thiophene rings is 3. The number of thioether (sulfide) groups is 1. The number of allylic oxidation sites excluding steroid dienone is 1. The van der Waals surface area contributed by atoms with Crippen LogP contribution < -0.4 is 26.1 Å². The van der Waals surface area contributed by atoms with Crippen LogP contribution in [0.25, 0.3) is 0 Å².